The molecule has 104 valence electrons. The molecule has 0 saturated heterocycles. The minimum Gasteiger partial charge on any atom is -0.308 e. The van der Waals surface area contributed by atoms with E-state index in [1.54, 1.807) is 15.8 Å². The van der Waals surface area contributed by atoms with E-state index in [1.807, 2.05) is 32.8 Å². The van der Waals surface area contributed by atoms with Crippen LogP contribution in [0.25, 0.3) is 0 Å². The van der Waals surface area contributed by atoms with Crippen molar-refractivity contribution in [3.63, 3.8) is 0 Å². The van der Waals surface area contributed by atoms with Gasteiger partial charge in [-0.2, -0.15) is 4.31 Å². The summed E-state index contributed by atoms with van der Waals surface area (Å²) >= 11 is 4.54. The van der Waals surface area contributed by atoms with Crippen molar-refractivity contribution in [1.29, 1.82) is 0 Å². The van der Waals surface area contributed by atoms with E-state index in [1.165, 1.54) is 11.3 Å². The second-order valence-corrected chi connectivity index (χ2v) is 8.23. The number of thiophene rings is 1. The Hall–Kier alpha value is 0.0500. The number of halogens is 1. The fourth-order valence-corrected chi connectivity index (χ4v) is 5.97. The van der Waals surface area contributed by atoms with Crippen LogP contribution in [0.5, 0.6) is 0 Å². The molecule has 1 heterocycles. The summed E-state index contributed by atoms with van der Waals surface area (Å²) in [4.78, 5) is 1.99. The molecule has 1 atom stereocenters. The van der Waals surface area contributed by atoms with Crippen LogP contribution in [0.4, 0.5) is 0 Å². The third-order valence-electron chi connectivity index (χ3n) is 2.56. The van der Waals surface area contributed by atoms with Crippen molar-refractivity contribution in [3.8, 4) is 0 Å². The van der Waals surface area contributed by atoms with Crippen LogP contribution < -0.4 is 0 Å². The number of hydrogen-bond acceptors (Lipinski definition) is 4. The van der Waals surface area contributed by atoms with Crippen LogP contribution in [-0.4, -0.2) is 50.8 Å². The number of likely N-dealkylation sites (N-methyl/N-ethyl adjacent to an activating group) is 2. The van der Waals surface area contributed by atoms with Gasteiger partial charge in [0.05, 0.1) is 0 Å². The highest BCUT2D eigenvalue weighted by atomic mass is 79.9. The lowest BCUT2D eigenvalue weighted by Gasteiger charge is -2.28. The molecule has 0 aliphatic carbocycles. The third-order valence-corrected chi connectivity index (χ3v) is 7.30. The first-order valence-corrected chi connectivity index (χ1v) is 8.81. The predicted octanol–water partition coefficient (Wildman–Crippen LogP) is 2.47. The van der Waals surface area contributed by atoms with E-state index in [-0.39, 0.29) is 6.04 Å². The largest absolute Gasteiger partial charge is 0.308 e. The van der Waals surface area contributed by atoms with E-state index in [4.69, 9.17) is 0 Å². The van der Waals surface area contributed by atoms with E-state index >= 15 is 0 Å². The zero-order valence-corrected chi connectivity index (χ0v) is 14.3. The van der Waals surface area contributed by atoms with Gasteiger partial charge < -0.3 is 4.90 Å². The van der Waals surface area contributed by atoms with Gasteiger partial charge in [-0.3, -0.25) is 0 Å². The highest BCUT2D eigenvalue weighted by molar-refractivity contribution is 9.10. The van der Waals surface area contributed by atoms with Crippen molar-refractivity contribution >= 4 is 37.3 Å². The van der Waals surface area contributed by atoms with E-state index < -0.39 is 10.0 Å². The topological polar surface area (TPSA) is 40.6 Å². The monoisotopic (exact) mass is 354 g/mol. The first-order valence-electron chi connectivity index (χ1n) is 5.70. The maximum Gasteiger partial charge on any atom is 0.253 e. The minimum atomic E-state index is -3.41. The lowest BCUT2D eigenvalue weighted by atomic mass is 10.3. The second-order valence-electron chi connectivity index (χ2n) is 4.38. The number of hydrogen-bond donors (Lipinski definition) is 0. The summed E-state index contributed by atoms with van der Waals surface area (Å²) in [6, 6.07) is 1.71. The minimum absolute atomic E-state index is 0.0519. The number of nitrogens with zero attached hydrogens (tertiary/aromatic N) is 2. The van der Waals surface area contributed by atoms with Crippen molar-refractivity contribution in [3.05, 3.63) is 15.9 Å². The highest BCUT2D eigenvalue weighted by Gasteiger charge is 2.30. The Bertz CT molecular complexity index is 485. The maximum atomic E-state index is 12.6. The molecule has 1 aromatic heterocycles. The highest BCUT2D eigenvalue weighted by Crippen LogP contribution is 2.31. The van der Waals surface area contributed by atoms with Gasteiger partial charge >= 0.3 is 0 Å². The van der Waals surface area contributed by atoms with E-state index in [9.17, 15) is 8.42 Å². The van der Waals surface area contributed by atoms with E-state index in [0.717, 1.165) is 0 Å². The van der Waals surface area contributed by atoms with Crippen LogP contribution in [0.15, 0.2) is 20.1 Å². The Morgan fingerprint density at radius 2 is 2.06 bits per heavy atom. The molecule has 7 heteroatoms. The molecule has 0 fully saturated rings. The van der Waals surface area contributed by atoms with Crippen molar-refractivity contribution in [2.45, 2.75) is 24.1 Å². The number of rotatable bonds is 6. The van der Waals surface area contributed by atoms with Crippen LogP contribution in [-0.2, 0) is 10.0 Å². The molecule has 1 rings (SSSR count). The van der Waals surface area contributed by atoms with Gasteiger partial charge in [-0.05, 0) is 48.4 Å². The molecule has 18 heavy (non-hydrogen) atoms. The lowest BCUT2D eigenvalue weighted by molar-refractivity contribution is 0.272. The molecule has 0 amide bonds. The molecule has 4 nitrogen and oxygen atoms in total. The van der Waals surface area contributed by atoms with Crippen LogP contribution in [0.3, 0.4) is 0 Å². The summed E-state index contributed by atoms with van der Waals surface area (Å²) in [5.41, 5.74) is 0. The molecule has 0 aromatic carbocycles. The van der Waals surface area contributed by atoms with Crippen molar-refractivity contribution in [2.24, 2.45) is 0 Å². The molecular formula is C11H19BrN2O2S2. The molecule has 1 aromatic rings. The average Bonchev–Trinajstić information content (AvgIpc) is 2.64. The normalized spacial score (nSPS) is 14.4. The predicted molar refractivity (Wildman–Crippen MR) is 79.6 cm³/mol. The lowest BCUT2D eigenvalue weighted by Crippen LogP contribution is -2.43. The smallest absolute Gasteiger partial charge is 0.253 e. The standard InChI is InChI=1S/C11H19BrN2O2S2/c1-5-14(9(2)8-13(3)4)18(15,16)11-10(12)6-7-17-11/h6-7,9H,5,8H2,1-4H3. The molecule has 0 aliphatic heterocycles. The Morgan fingerprint density at radius 1 is 1.44 bits per heavy atom. The maximum absolute atomic E-state index is 12.6. The summed E-state index contributed by atoms with van der Waals surface area (Å²) in [6.45, 7) is 4.98. The van der Waals surface area contributed by atoms with Gasteiger partial charge in [-0.25, -0.2) is 8.42 Å². The quantitative estimate of drug-likeness (QED) is 0.787. The second kappa shape index (κ2) is 6.47. The zero-order valence-electron chi connectivity index (χ0n) is 11.1. The van der Waals surface area contributed by atoms with Gasteiger partial charge in [0.2, 0.25) is 0 Å². The average molecular weight is 355 g/mol. The van der Waals surface area contributed by atoms with Crippen molar-refractivity contribution in [1.82, 2.24) is 9.21 Å². The first-order chi connectivity index (χ1) is 8.30. The zero-order chi connectivity index (χ0) is 13.9. The number of sulfonamides is 1. The van der Waals surface area contributed by atoms with Gasteiger partial charge in [0.1, 0.15) is 4.21 Å². The Balaban J connectivity index is 3.05. The van der Waals surface area contributed by atoms with Gasteiger partial charge in [0, 0.05) is 23.6 Å². The Morgan fingerprint density at radius 3 is 2.44 bits per heavy atom. The molecule has 0 saturated carbocycles. The van der Waals surface area contributed by atoms with Crippen LogP contribution in [0.1, 0.15) is 13.8 Å². The molecule has 0 N–H and O–H groups in total. The summed E-state index contributed by atoms with van der Waals surface area (Å²) in [6.07, 6.45) is 0. The summed E-state index contributed by atoms with van der Waals surface area (Å²) < 4.78 is 27.7. The third kappa shape index (κ3) is 3.54. The van der Waals surface area contributed by atoms with E-state index in [0.29, 0.717) is 21.8 Å². The summed E-state index contributed by atoms with van der Waals surface area (Å²) in [5.74, 6) is 0. The van der Waals surface area contributed by atoms with Gasteiger partial charge in [0.25, 0.3) is 10.0 Å². The molecule has 0 radical (unpaired) electrons. The molecule has 0 aliphatic rings. The molecular weight excluding hydrogens is 336 g/mol. The Kier molecular flexibility index (Phi) is 5.79. The fraction of sp³-hybridized carbons (Fsp3) is 0.636. The SMILES string of the molecule is CCN(C(C)CN(C)C)S(=O)(=O)c1sccc1Br. The first kappa shape index (κ1) is 16.1. The van der Waals surface area contributed by atoms with E-state index in [2.05, 4.69) is 15.9 Å². The molecule has 1 unspecified atom stereocenters. The van der Waals surface area contributed by atoms with Crippen LogP contribution >= 0.6 is 27.3 Å². The van der Waals surface area contributed by atoms with Gasteiger partial charge in [0.15, 0.2) is 0 Å². The fourth-order valence-electron chi connectivity index (χ4n) is 1.91. The Labute approximate surface area is 122 Å². The van der Waals surface area contributed by atoms with Crippen molar-refractivity contribution < 1.29 is 8.42 Å². The van der Waals surface area contributed by atoms with Crippen LogP contribution in [0, 0.1) is 0 Å². The van der Waals surface area contributed by atoms with Crippen molar-refractivity contribution in [2.75, 3.05) is 27.2 Å². The molecule has 0 bridgehead atoms. The molecule has 0 spiro atoms. The van der Waals surface area contributed by atoms with Crippen LogP contribution in [0.2, 0.25) is 0 Å². The summed E-state index contributed by atoms with van der Waals surface area (Å²) in [5, 5.41) is 1.78. The van der Waals surface area contributed by atoms with Gasteiger partial charge in [-0.15, -0.1) is 11.3 Å². The summed E-state index contributed by atoms with van der Waals surface area (Å²) in [7, 11) is 0.480. The van der Waals surface area contributed by atoms with Gasteiger partial charge in [-0.1, -0.05) is 6.92 Å².